The number of nitrogens with zero attached hydrogens (tertiary/aromatic N) is 2. The third-order valence-electron chi connectivity index (χ3n) is 6.01. The second-order valence-electron chi connectivity index (χ2n) is 8.50. The zero-order chi connectivity index (χ0) is 24.3. The molecule has 178 valence electrons. The molecule has 7 nitrogen and oxygen atoms in total. The summed E-state index contributed by atoms with van der Waals surface area (Å²) in [7, 11) is -6.63. The summed E-state index contributed by atoms with van der Waals surface area (Å²) in [6.07, 6.45) is -3.25. The molecule has 0 spiro atoms. The minimum absolute atomic E-state index is 0.152. The van der Waals surface area contributed by atoms with E-state index in [1.807, 2.05) is 0 Å². The monoisotopic (exact) mass is 497 g/mol. The molecule has 2 aromatic rings. The van der Waals surface area contributed by atoms with Crippen LogP contribution in [0.3, 0.4) is 0 Å². The van der Waals surface area contributed by atoms with Gasteiger partial charge in [-0.25, -0.2) is 30.9 Å². The van der Waals surface area contributed by atoms with E-state index in [4.69, 9.17) is 0 Å². The summed E-state index contributed by atoms with van der Waals surface area (Å²) in [5, 5.41) is -0.160. The van der Waals surface area contributed by atoms with Crippen LogP contribution in [0.15, 0.2) is 34.3 Å². The van der Waals surface area contributed by atoms with Crippen LogP contribution in [0.5, 0.6) is 0 Å². The van der Waals surface area contributed by atoms with Gasteiger partial charge in [0.2, 0.25) is 0 Å². The lowest BCUT2D eigenvalue weighted by molar-refractivity contribution is -0.137. The van der Waals surface area contributed by atoms with Crippen molar-refractivity contribution in [2.45, 2.75) is 60.5 Å². The summed E-state index contributed by atoms with van der Waals surface area (Å²) in [6, 6.07) is 0.663. The van der Waals surface area contributed by atoms with Gasteiger partial charge in [-0.3, -0.25) is 0 Å². The molecule has 0 radical (unpaired) electrons. The van der Waals surface area contributed by atoms with E-state index >= 15 is 0 Å². The normalized spacial score (nSPS) is 20.2. The van der Waals surface area contributed by atoms with Crippen molar-refractivity contribution in [3.05, 3.63) is 41.6 Å². The maximum atomic E-state index is 13.8. The number of benzene rings is 1. The van der Waals surface area contributed by atoms with E-state index in [2.05, 4.69) is 9.71 Å². The predicted molar refractivity (Wildman–Crippen MR) is 107 cm³/mol. The van der Waals surface area contributed by atoms with E-state index in [1.54, 1.807) is 18.5 Å². The highest BCUT2D eigenvalue weighted by Crippen LogP contribution is 2.44. The second kappa shape index (κ2) is 7.80. The van der Waals surface area contributed by atoms with Crippen molar-refractivity contribution in [2.24, 2.45) is 13.0 Å². The average molecular weight is 498 g/mol. The van der Waals surface area contributed by atoms with Crippen LogP contribution in [0.25, 0.3) is 0 Å². The van der Waals surface area contributed by atoms with E-state index in [9.17, 15) is 34.4 Å². The predicted octanol–water partition coefficient (Wildman–Crippen LogP) is 3.20. The summed E-state index contributed by atoms with van der Waals surface area (Å²) < 4.78 is 106. The highest BCUT2D eigenvalue weighted by atomic mass is 32.2. The van der Waals surface area contributed by atoms with E-state index in [0.717, 1.165) is 0 Å². The summed E-state index contributed by atoms with van der Waals surface area (Å²) in [6.45, 7) is 4.33. The Kier molecular flexibility index (Phi) is 6.01. The number of hydrogen-bond acceptors (Lipinski definition) is 5. The lowest BCUT2D eigenvalue weighted by Crippen LogP contribution is -2.53. The molecular formula is C19H23F4N3O4S2. The fourth-order valence-electron chi connectivity index (χ4n) is 3.62. The van der Waals surface area contributed by atoms with E-state index in [-0.39, 0.29) is 23.9 Å². The molecule has 32 heavy (non-hydrogen) atoms. The van der Waals surface area contributed by atoms with Crippen molar-refractivity contribution < 1.29 is 34.4 Å². The fraction of sp³-hybridized carbons (Fsp3) is 0.526. The van der Waals surface area contributed by atoms with E-state index in [1.165, 1.54) is 20.0 Å². The first-order valence-corrected chi connectivity index (χ1v) is 12.6. The van der Waals surface area contributed by atoms with E-state index < -0.39 is 59.0 Å². The van der Waals surface area contributed by atoms with Crippen molar-refractivity contribution >= 4 is 19.9 Å². The van der Waals surface area contributed by atoms with E-state index in [0.29, 0.717) is 18.0 Å². The molecule has 1 N–H and O–H groups in total. The van der Waals surface area contributed by atoms with Gasteiger partial charge in [-0.1, -0.05) is 0 Å². The quantitative estimate of drug-likeness (QED) is 0.618. The Hall–Kier alpha value is -1.99. The van der Waals surface area contributed by atoms with Crippen LogP contribution >= 0.6 is 0 Å². The number of sulfonamides is 1. The number of aromatic nitrogens is 2. The van der Waals surface area contributed by atoms with Gasteiger partial charge in [0.25, 0.3) is 10.0 Å². The zero-order valence-corrected chi connectivity index (χ0v) is 19.4. The smallest absolute Gasteiger partial charge is 0.337 e. The lowest BCUT2D eigenvalue weighted by Gasteiger charge is -2.44. The Labute approximate surface area is 183 Å². The molecule has 1 heterocycles. The Balaban J connectivity index is 1.78. The molecule has 0 bridgehead atoms. The van der Waals surface area contributed by atoms with Crippen molar-refractivity contribution in [1.29, 1.82) is 0 Å². The Morgan fingerprint density at radius 1 is 1.09 bits per heavy atom. The summed E-state index contributed by atoms with van der Waals surface area (Å²) in [4.78, 5) is 3.20. The van der Waals surface area contributed by atoms with Crippen molar-refractivity contribution in [3.8, 4) is 0 Å². The minimum atomic E-state index is -4.90. The molecule has 3 rings (SSSR count). The SMILES string of the molecule is Cc1nc(S(=O)(=O)NC2CC(C(C)(C)S(=O)(=O)c3cc(F)cc(C(F)(F)F)c3)C2)cn1C. The summed E-state index contributed by atoms with van der Waals surface area (Å²) >= 11 is 0. The number of halogens is 4. The summed E-state index contributed by atoms with van der Waals surface area (Å²) in [5.41, 5.74) is -1.39. The maximum absolute atomic E-state index is 13.8. The highest BCUT2D eigenvalue weighted by molar-refractivity contribution is 7.92. The number of alkyl halides is 3. The molecule has 0 aliphatic heterocycles. The molecule has 0 atom stereocenters. The zero-order valence-electron chi connectivity index (χ0n) is 17.7. The van der Waals surface area contributed by atoms with Crippen molar-refractivity contribution in [3.63, 3.8) is 0 Å². The standard InChI is InChI=1S/C19H23F4N3O4S2/c1-11-24-17(10-26(11)4)32(29,30)25-15-6-12(7-15)18(2,3)31(27,28)16-8-13(19(21,22)23)5-14(20)9-16/h5,8-10,12,15,25H,6-7H2,1-4H3. The molecule has 0 amide bonds. The number of imidazole rings is 1. The maximum Gasteiger partial charge on any atom is 0.416 e. The second-order valence-corrected chi connectivity index (χ2v) is 12.7. The number of nitrogens with one attached hydrogen (secondary N) is 1. The molecule has 1 saturated carbocycles. The lowest BCUT2D eigenvalue weighted by atomic mass is 9.73. The van der Waals surface area contributed by atoms with Crippen LogP contribution < -0.4 is 4.72 Å². The molecule has 1 aliphatic rings. The molecule has 1 aliphatic carbocycles. The van der Waals surface area contributed by atoms with Crippen LogP contribution in [-0.4, -0.2) is 37.2 Å². The fourth-order valence-corrected chi connectivity index (χ4v) is 6.71. The van der Waals surface area contributed by atoms with Gasteiger partial charge in [-0.05, 0) is 57.7 Å². The summed E-state index contributed by atoms with van der Waals surface area (Å²) in [5.74, 6) is -1.36. The van der Waals surface area contributed by atoms with Crippen LogP contribution in [0.4, 0.5) is 17.6 Å². The van der Waals surface area contributed by atoms with Gasteiger partial charge in [0, 0.05) is 19.3 Å². The third kappa shape index (κ3) is 4.42. The number of sulfone groups is 1. The topological polar surface area (TPSA) is 98.1 Å². The molecule has 1 aromatic heterocycles. The van der Waals surface area contributed by atoms with Gasteiger partial charge in [0.1, 0.15) is 11.6 Å². The Morgan fingerprint density at radius 3 is 2.19 bits per heavy atom. The van der Waals surface area contributed by atoms with Crippen LogP contribution in [0, 0.1) is 18.7 Å². The highest BCUT2D eigenvalue weighted by Gasteiger charge is 2.50. The molecule has 1 fully saturated rings. The minimum Gasteiger partial charge on any atom is -0.337 e. The average Bonchev–Trinajstić information content (AvgIpc) is 2.96. The molecular weight excluding hydrogens is 474 g/mol. The first-order chi connectivity index (χ1) is 14.4. The molecule has 0 saturated heterocycles. The van der Waals surface area contributed by atoms with Crippen LogP contribution in [0.1, 0.15) is 38.1 Å². The van der Waals surface area contributed by atoms with Gasteiger partial charge in [0.15, 0.2) is 14.9 Å². The molecule has 0 unspecified atom stereocenters. The van der Waals surface area contributed by atoms with Crippen LogP contribution in [0.2, 0.25) is 0 Å². The largest absolute Gasteiger partial charge is 0.416 e. The molecule has 13 heteroatoms. The number of aryl methyl sites for hydroxylation is 2. The van der Waals surface area contributed by atoms with Crippen molar-refractivity contribution in [2.75, 3.05) is 0 Å². The van der Waals surface area contributed by atoms with Gasteiger partial charge in [0.05, 0.1) is 15.2 Å². The first kappa shape index (κ1) is 24.6. The van der Waals surface area contributed by atoms with Crippen LogP contribution in [-0.2, 0) is 33.1 Å². The molecule has 1 aromatic carbocycles. The van der Waals surface area contributed by atoms with Gasteiger partial charge >= 0.3 is 6.18 Å². The Morgan fingerprint density at radius 2 is 1.69 bits per heavy atom. The Bertz CT molecular complexity index is 1230. The van der Waals surface area contributed by atoms with Gasteiger partial charge in [-0.2, -0.15) is 13.2 Å². The van der Waals surface area contributed by atoms with Gasteiger partial charge < -0.3 is 4.57 Å². The number of hydrogen-bond donors (Lipinski definition) is 1. The first-order valence-electron chi connectivity index (χ1n) is 9.60. The third-order valence-corrected chi connectivity index (χ3v) is 9.97. The van der Waals surface area contributed by atoms with Gasteiger partial charge in [-0.15, -0.1) is 0 Å². The number of rotatable bonds is 6. The van der Waals surface area contributed by atoms with Crippen molar-refractivity contribution in [1.82, 2.24) is 14.3 Å².